The van der Waals surface area contributed by atoms with Crippen molar-refractivity contribution in [3.8, 4) is 28.4 Å². The van der Waals surface area contributed by atoms with Gasteiger partial charge < -0.3 is 14.2 Å². The van der Waals surface area contributed by atoms with E-state index in [0.717, 1.165) is 13.0 Å². The number of ether oxygens (including phenoxy) is 3. The zero-order valence-corrected chi connectivity index (χ0v) is 18.3. The van der Waals surface area contributed by atoms with E-state index in [1.54, 1.807) is 0 Å². The summed E-state index contributed by atoms with van der Waals surface area (Å²) in [6.07, 6.45) is -1.83. The summed E-state index contributed by atoms with van der Waals surface area (Å²) < 4.78 is 42.5. The number of hydrogen-bond acceptors (Lipinski definition) is 6. The molecule has 174 valence electrons. The Morgan fingerprint density at radius 3 is 1.91 bits per heavy atom. The molecule has 0 aliphatic carbocycles. The van der Waals surface area contributed by atoms with Crippen LogP contribution >= 0.6 is 0 Å². The minimum Gasteiger partial charge on any atom is -0.424 e. The van der Waals surface area contributed by atoms with Gasteiger partial charge in [-0.25, -0.2) is 23.2 Å². The molecule has 1 unspecified atom stereocenters. The average Bonchev–Trinajstić information content (AvgIpc) is 2.80. The van der Waals surface area contributed by atoms with Gasteiger partial charge in [-0.2, -0.15) is 0 Å². The largest absolute Gasteiger partial charge is 0.424 e. The number of carbonyl (C=O) groups is 3. The third kappa shape index (κ3) is 6.13. The highest BCUT2D eigenvalue weighted by Gasteiger charge is 2.16. The molecule has 3 rings (SSSR count). The first-order valence-electron chi connectivity index (χ1n) is 10.1. The molecule has 0 bridgehead atoms. The highest BCUT2D eigenvalue weighted by atomic mass is 19.1. The van der Waals surface area contributed by atoms with E-state index in [1.165, 1.54) is 67.6 Å². The predicted molar refractivity (Wildman–Crippen MR) is 120 cm³/mol. The number of rotatable bonds is 7. The van der Waals surface area contributed by atoms with Crippen LogP contribution in [0.25, 0.3) is 11.1 Å². The van der Waals surface area contributed by atoms with E-state index in [0.29, 0.717) is 5.56 Å². The standard InChI is InChI=1S/C26H20F2O6/c1-15(2)24(29)32-19-8-10-20(11-9-19)33-26(31)18-6-4-17(5-7-18)22-13-12-21(14-23(22)28)34-25(30)16(3)27/h4-14,16H,1H2,2-3H3. The van der Waals surface area contributed by atoms with Crippen LogP contribution in [-0.2, 0) is 9.59 Å². The van der Waals surface area contributed by atoms with Gasteiger partial charge in [-0.3, -0.25) is 0 Å². The fourth-order valence-electron chi connectivity index (χ4n) is 2.71. The van der Waals surface area contributed by atoms with Gasteiger partial charge in [-0.15, -0.1) is 0 Å². The van der Waals surface area contributed by atoms with Gasteiger partial charge in [-0.05, 0) is 67.9 Å². The van der Waals surface area contributed by atoms with Crippen molar-refractivity contribution in [2.45, 2.75) is 20.0 Å². The molecule has 3 aromatic rings. The highest BCUT2D eigenvalue weighted by Crippen LogP contribution is 2.27. The molecule has 34 heavy (non-hydrogen) atoms. The van der Waals surface area contributed by atoms with Crippen LogP contribution in [0.4, 0.5) is 8.78 Å². The fourth-order valence-corrected chi connectivity index (χ4v) is 2.71. The SMILES string of the molecule is C=C(C)C(=O)Oc1ccc(OC(=O)c2ccc(-c3ccc(OC(=O)C(C)F)cc3F)cc2)cc1. The summed E-state index contributed by atoms with van der Waals surface area (Å²) in [7, 11) is 0. The molecule has 0 saturated carbocycles. The predicted octanol–water partition coefficient (Wildman–Crippen LogP) is 5.46. The number of alkyl halides is 1. The zero-order valence-electron chi connectivity index (χ0n) is 18.3. The first-order chi connectivity index (χ1) is 16.1. The Balaban J connectivity index is 1.66. The molecule has 0 heterocycles. The maximum atomic E-state index is 14.5. The smallest absolute Gasteiger partial charge is 0.345 e. The van der Waals surface area contributed by atoms with Crippen molar-refractivity contribution in [3.05, 3.63) is 90.3 Å². The van der Waals surface area contributed by atoms with Crippen LogP contribution in [0.2, 0.25) is 0 Å². The number of hydrogen-bond donors (Lipinski definition) is 0. The van der Waals surface area contributed by atoms with Gasteiger partial charge in [0.15, 0.2) is 6.17 Å². The summed E-state index contributed by atoms with van der Waals surface area (Å²) in [6, 6.07) is 15.6. The molecule has 0 radical (unpaired) electrons. The lowest BCUT2D eigenvalue weighted by atomic mass is 10.0. The molecule has 0 aliphatic heterocycles. The number of esters is 3. The van der Waals surface area contributed by atoms with E-state index in [4.69, 9.17) is 14.2 Å². The third-order valence-corrected chi connectivity index (χ3v) is 4.51. The van der Waals surface area contributed by atoms with Gasteiger partial charge in [-0.1, -0.05) is 18.7 Å². The van der Waals surface area contributed by atoms with E-state index in [2.05, 4.69) is 6.58 Å². The fraction of sp³-hybridized carbons (Fsp3) is 0.115. The molecule has 3 aromatic carbocycles. The Labute approximate surface area is 194 Å². The average molecular weight is 466 g/mol. The molecule has 6 nitrogen and oxygen atoms in total. The lowest BCUT2D eigenvalue weighted by molar-refractivity contribution is -0.139. The van der Waals surface area contributed by atoms with Gasteiger partial charge in [0.05, 0.1) is 5.56 Å². The maximum absolute atomic E-state index is 14.5. The highest BCUT2D eigenvalue weighted by molar-refractivity contribution is 5.92. The summed E-state index contributed by atoms with van der Waals surface area (Å²) >= 11 is 0. The van der Waals surface area contributed by atoms with E-state index in [-0.39, 0.29) is 33.9 Å². The number of benzene rings is 3. The van der Waals surface area contributed by atoms with Gasteiger partial charge in [0.1, 0.15) is 23.1 Å². The van der Waals surface area contributed by atoms with Gasteiger partial charge in [0.25, 0.3) is 0 Å². The summed E-state index contributed by atoms with van der Waals surface area (Å²) in [4.78, 5) is 35.2. The van der Waals surface area contributed by atoms with Gasteiger partial charge in [0.2, 0.25) is 0 Å². The molecule has 0 N–H and O–H groups in total. The van der Waals surface area contributed by atoms with Crippen molar-refractivity contribution in [1.29, 1.82) is 0 Å². The first kappa shape index (κ1) is 24.3. The van der Waals surface area contributed by atoms with Crippen LogP contribution in [0.3, 0.4) is 0 Å². The summed E-state index contributed by atoms with van der Waals surface area (Å²) in [5.41, 5.74) is 1.15. The van der Waals surface area contributed by atoms with Crippen molar-refractivity contribution in [2.24, 2.45) is 0 Å². The van der Waals surface area contributed by atoms with E-state index in [1.807, 2.05) is 0 Å². The molecule has 0 aliphatic rings. The lowest BCUT2D eigenvalue weighted by Gasteiger charge is -2.09. The second kappa shape index (κ2) is 10.5. The molecule has 0 saturated heterocycles. The van der Waals surface area contributed by atoms with Crippen molar-refractivity contribution in [1.82, 2.24) is 0 Å². The van der Waals surface area contributed by atoms with E-state index >= 15 is 0 Å². The molecular formula is C26H20F2O6. The second-order valence-corrected chi connectivity index (χ2v) is 7.29. The number of halogens is 2. The normalized spacial score (nSPS) is 11.3. The minimum absolute atomic E-state index is 0.114. The van der Waals surface area contributed by atoms with Gasteiger partial charge >= 0.3 is 17.9 Å². The summed E-state index contributed by atoms with van der Waals surface area (Å²) in [5, 5.41) is 0. The van der Waals surface area contributed by atoms with Gasteiger partial charge in [0, 0.05) is 17.2 Å². The monoisotopic (exact) mass is 466 g/mol. The molecule has 1 atom stereocenters. The molecule has 8 heteroatoms. The van der Waals surface area contributed by atoms with Crippen molar-refractivity contribution < 1.29 is 37.4 Å². The minimum atomic E-state index is -1.83. The summed E-state index contributed by atoms with van der Waals surface area (Å²) in [6.45, 7) is 6.05. The Morgan fingerprint density at radius 2 is 1.38 bits per heavy atom. The quantitative estimate of drug-likeness (QED) is 0.262. The van der Waals surface area contributed by atoms with Crippen molar-refractivity contribution in [3.63, 3.8) is 0 Å². The maximum Gasteiger partial charge on any atom is 0.345 e. The molecule has 0 amide bonds. The molecule has 0 aromatic heterocycles. The van der Waals surface area contributed by atoms with Crippen LogP contribution in [0.15, 0.2) is 78.9 Å². The topological polar surface area (TPSA) is 78.9 Å². The van der Waals surface area contributed by atoms with E-state index < -0.39 is 29.9 Å². The summed E-state index contributed by atoms with van der Waals surface area (Å²) in [5.74, 6) is -2.59. The molecule has 0 spiro atoms. The van der Waals surface area contributed by atoms with Crippen molar-refractivity contribution >= 4 is 17.9 Å². The van der Waals surface area contributed by atoms with E-state index in [9.17, 15) is 23.2 Å². The van der Waals surface area contributed by atoms with Crippen LogP contribution in [0.1, 0.15) is 24.2 Å². The Kier molecular flexibility index (Phi) is 7.53. The van der Waals surface area contributed by atoms with Crippen LogP contribution in [0.5, 0.6) is 17.2 Å². The first-order valence-corrected chi connectivity index (χ1v) is 10.1. The van der Waals surface area contributed by atoms with Crippen LogP contribution < -0.4 is 14.2 Å². The lowest BCUT2D eigenvalue weighted by Crippen LogP contribution is -2.18. The third-order valence-electron chi connectivity index (χ3n) is 4.51. The molecule has 0 fully saturated rings. The number of carbonyl (C=O) groups excluding carboxylic acids is 3. The Morgan fingerprint density at radius 1 is 0.824 bits per heavy atom. The second-order valence-electron chi connectivity index (χ2n) is 7.29. The Hall–Kier alpha value is -4.33. The zero-order chi connectivity index (χ0) is 24.8. The van der Waals surface area contributed by atoms with Crippen molar-refractivity contribution in [2.75, 3.05) is 0 Å². The van der Waals surface area contributed by atoms with Crippen LogP contribution in [0, 0.1) is 5.82 Å². The Bertz CT molecular complexity index is 1230. The van der Waals surface area contributed by atoms with Crippen LogP contribution in [-0.4, -0.2) is 24.1 Å². The molecular weight excluding hydrogens is 446 g/mol.